The Labute approximate surface area is 197 Å². The lowest BCUT2D eigenvalue weighted by atomic mass is 10.1. The van der Waals surface area contributed by atoms with E-state index in [1.165, 1.54) is 0 Å². The van der Waals surface area contributed by atoms with Crippen molar-refractivity contribution in [1.29, 1.82) is 0 Å². The van der Waals surface area contributed by atoms with Gasteiger partial charge >= 0.3 is 6.03 Å². The third-order valence-electron chi connectivity index (χ3n) is 4.51. The van der Waals surface area contributed by atoms with Crippen molar-refractivity contribution in [1.82, 2.24) is 15.2 Å². The van der Waals surface area contributed by atoms with Crippen LogP contribution in [-0.2, 0) is 13.1 Å². The molecule has 2 aromatic carbocycles. The highest BCUT2D eigenvalue weighted by Crippen LogP contribution is 2.24. The summed E-state index contributed by atoms with van der Waals surface area (Å²) in [7, 11) is 0. The van der Waals surface area contributed by atoms with Gasteiger partial charge in [-0.05, 0) is 61.9 Å². The molecule has 1 heterocycles. The molecule has 0 radical (unpaired) electrons. The highest BCUT2D eigenvalue weighted by Gasteiger charge is 2.18. The van der Waals surface area contributed by atoms with Gasteiger partial charge in [-0.1, -0.05) is 41.4 Å². The van der Waals surface area contributed by atoms with Crippen LogP contribution >= 0.6 is 23.2 Å². The molecule has 0 saturated heterocycles. The minimum atomic E-state index is -0.328. The molecule has 1 aromatic heterocycles. The maximum Gasteiger partial charge on any atom is 0.319 e. The molecule has 3 rings (SSSR count). The summed E-state index contributed by atoms with van der Waals surface area (Å²) in [5.74, 6) is -0.199. The molecule has 0 spiro atoms. The maximum absolute atomic E-state index is 13.4. The molecule has 0 aliphatic carbocycles. The number of aromatic nitrogens is 1. The summed E-state index contributed by atoms with van der Waals surface area (Å²) < 4.78 is 0. The molecule has 6 nitrogen and oxygen atoms in total. The van der Waals surface area contributed by atoms with Crippen molar-refractivity contribution in [2.24, 2.45) is 0 Å². The van der Waals surface area contributed by atoms with E-state index in [0.29, 0.717) is 34.4 Å². The maximum atomic E-state index is 13.4. The van der Waals surface area contributed by atoms with Crippen LogP contribution in [0.3, 0.4) is 0 Å². The Balaban J connectivity index is 1.85. The van der Waals surface area contributed by atoms with E-state index in [0.717, 1.165) is 11.3 Å². The van der Waals surface area contributed by atoms with Crippen LogP contribution in [0.25, 0.3) is 0 Å². The van der Waals surface area contributed by atoms with Crippen LogP contribution in [0.15, 0.2) is 66.9 Å². The monoisotopic (exact) mass is 470 g/mol. The van der Waals surface area contributed by atoms with Crippen LogP contribution in [0.4, 0.5) is 10.5 Å². The highest BCUT2D eigenvalue weighted by atomic mass is 35.5. The molecule has 8 heteroatoms. The highest BCUT2D eigenvalue weighted by molar-refractivity contribution is 6.42. The second kappa shape index (κ2) is 11.0. The Morgan fingerprint density at radius 2 is 1.78 bits per heavy atom. The number of nitrogens with zero attached hydrogens (tertiary/aromatic N) is 2. The molecular weight excluding hydrogens is 447 g/mol. The number of benzene rings is 2. The molecule has 0 aliphatic rings. The largest absolute Gasteiger partial charge is 0.336 e. The first-order valence-corrected chi connectivity index (χ1v) is 10.9. The SMILES string of the molecule is CC(C)NC(=O)Nc1cccc(C(=O)N(Cc2ccc(Cl)c(Cl)c2)Cc2ccccn2)c1. The Kier molecular flexibility index (Phi) is 8.09. The van der Waals surface area contributed by atoms with Gasteiger partial charge in [-0.3, -0.25) is 9.78 Å². The molecule has 166 valence electrons. The predicted molar refractivity (Wildman–Crippen MR) is 128 cm³/mol. The van der Waals surface area contributed by atoms with E-state index in [2.05, 4.69) is 15.6 Å². The zero-order chi connectivity index (χ0) is 23.1. The normalized spacial score (nSPS) is 10.7. The number of hydrogen-bond acceptors (Lipinski definition) is 3. The van der Waals surface area contributed by atoms with Gasteiger partial charge in [-0.2, -0.15) is 0 Å². The van der Waals surface area contributed by atoms with E-state index in [4.69, 9.17) is 23.2 Å². The summed E-state index contributed by atoms with van der Waals surface area (Å²) in [5, 5.41) is 6.40. The molecule has 0 saturated carbocycles. The van der Waals surface area contributed by atoms with Crippen LogP contribution in [-0.4, -0.2) is 27.9 Å². The van der Waals surface area contributed by atoms with Crippen molar-refractivity contribution in [3.05, 3.63) is 93.7 Å². The molecular formula is C24H24Cl2N4O2. The minimum absolute atomic E-state index is 0.000113. The number of carbonyl (C=O) groups excluding carboxylic acids is 2. The van der Waals surface area contributed by atoms with Gasteiger partial charge in [0.1, 0.15) is 0 Å². The van der Waals surface area contributed by atoms with E-state index in [9.17, 15) is 9.59 Å². The smallest absolute Gasteiger partial charge is 0.319 e. The third-order valence-corrected chi connectivity index (χ3v) is 5.25. The average molecular weight is 471 g/mol. The van der Waals surface area contributed by atoms with Crippen LogP contribution in [0.2, 0.25) is 10.0 Å². The van der Waals surface area contributed by atoms with Crippen molar-refractivity contribution in [2.75, 3.05) is 5.32 Å². The molecule has 3 aromatic rings. The van der Waals surface area contributed by atoms with Crippen molar-refractivity contribution < 1.29 is 9.59 Å². The standard InChI is InChI=1S/C24H24Cl2N4O2/c1-16(2)28-24(32)29-19-8-5-6-18(13-19)23(31)30(15-20-7-3-4-11-27-20)14-17-9-10-21(25)22(26)12-17/h3-13,16H,14-15H2,1-2H3,(H2,28,29,32). The first kappa shape index (κ1) is 23.6. The van der Waals surface area contributed by atoms with Gasteiger partial charge in [0.2, 0.25) is 0 Å². The number of pyridine rings is 1. The van der Waals surface area contributed by atoms with Gasteiger partial charge in [-0.25, -0.2) is 4.79 Å². The topological polar surface area (TPSA) is 74.3 Å². The Bertz CT molecular complexity index is 1090. The third kappa shape index (κ3) is 6.70. The van der Waals surface area contributed by atoms with E-state index in [1.807, 2.05) is 38.1 Å². The van der Waals surface area contributed by atoms with Crippen LogP contribution < -0.4 is 10.6 Å². The lowest BCUT2D eigenvalue weighted by Gasteiger charge is -2.23. The fraction of sp³-hybridized carbons (Fsp3) is 0.208. The van der Waals surface area contributed by atoms with Crippen LogP contribution in [0, 0.1) is 0 Å². The summed E-state index contributed by atoms with van der Waals surface area (Å²) >= 11 is 12.2. The number of anilines is 1. The molecule has 0 atom stereocenters. The van der Waals surface area contributed by atoms with Gasteiger partial charge in [-0.15, -0.1) is 0 Å². The number of nitrogens with one attached hydrogen (secondary N) is 2. The van der Waals surface area contributed by atoms with Gasteiger partial charge in [0, 0.05) is 30.0 Å². The fourth-order valence-electron chi connectivity index (χ4n) is 3.09. The first-order valence-electron chi connectivity index (χ1n) is 10.1. The van der Waals surface area contributed by atoms with Crippen LogP contribution in [0.5, 0.6) is 0 Å². The predicted octanol–water partition coefficient (Wildman–Crippen LogP) is 5.76. The number of halogens is 2. The first-order chi connectivity index (χ1) is 15.3. The second-order valence-corrected chi connectivity index (χ2v) is 8.38. The fourth-order valence-corrected chi connectivity index (χ4v) is 3.41. The second-order valence-electron chi connectivity index (χ2n) is 7.56. The Morgan fingerprint density at radius 3 is 2.47 bits per heavy atom. The minimum Gasteiger partial charge on any atom is -0.336 e. The van der Waals surface area contributed by atoms with Gasteiger partial charge in [0.15, 0.2) is 0 Å². The molecule has 0 aliphatic heterocycles. The number of hydrogen-bond donors (Lipinski definition) is 2. The van der Waals surface area contributed by atoms with Crippen molar-refractivity contribution in [2.45, 2.75) is 33.0 Å². The van der Waals surface area contributed by atoms with E-state index in [-0.39, 0.29) is 18.0 Å². The Hall–Kier alpha value is -3.09. The molecule has 32 heavy (non-hydrogen) atoms. The van der Waals surface area contributed by atoms with Crippen molar-refractivity contribution in [3.63, 3.8) is 0 Å². The number of urea groups is 1. The Morgan fingerprint density at radius 1 is 0.969 bits per heavy atom. The molecule has 0 fully saturated rings. The van der Waals surface area contributed by atoms with Gasteiger partial charge < -0.3 is 15.5 Å². The van der Waals surface area contributed by atoms with Gasteiger partial charge in [0.05, 0.1) is 22.3 Å². The summed E-state index contributed by atoms with van der Waals surface area (Å²) in [6.07, 6.45) is 1.69. The zero-order valence-corrected chi connectivity index (χ0v) is 19.3. The molecule has 0 unspecified atom stereocenters. The zero-order valence-electron chi connectivity index (χ0n) is 17.8. The molecule has 3 amide bonds. The van der Waals surface area contributed by atoms with Crippen molar-refractivity contribution >= 4 is 40.8 Å². The van der Waals surface area contributed by atoms with Crippen molar-refractivity contribution in [3.8, 4) is 0 Å². The molecule has 2 N–H and O–H groups in total. The lowest BCUT2D eigenvalue weighted by Crippen LogP contribution is -2.34. The lowest BCUT2D eigenvalue weighted by molar-refractivity contribution is 0.0728. The molecule has 0 bridgehead atoms. The number of carbonyl (C=O) groups is 2. The number of rotatable bonds is 7. The summed E-state index contributed by atoms with van der Waals surface area (Å²) in [6.45, 7) is 4.37. The van der Waals surface area contributed by atoms with E-state index < -0.39 is 0 Å². The van der Waals surface area contributed by atoms with Gasteiger partial charge in [0.25, 0.3) is 5.91 Å². The summed E-state index contributed by atoms with van der Waals surface area (Å²) in [5.41, 5.74) is 2.57. The summed E-state index contributed by atoms with van der Waals surface area (Å²) in [6, 6.07) is 17.4. The number of amides is 3. The average Bonchev–Trinajstić information content (AvgIpc) is 2.75. The van der Waals surface area contributed by atoms with E-state index >= 15 is 0 Å². The van der Waals surface area contributed by atoms with Crippen LogP contribution in [0.1, 0.15) is 35.5 Å². The van der Waals surface area contributed by atoms with E-state index in [1.54, 1.807) is 47.5 Å². The summed E-state index contributed by atoms with van der Waals surface area (Å²) in [4.78, 5) is 31.5. The quantitative estimate of drug-likeness (QED) is 0.460.